The largest absolute Gasteiger partial charge is 0.573 e. The van der Waals surface area contributed by atoms with Crippen molar-refractivity contribution in [2.24, 2.45) is 0 Å². The maximum Gasteiger partial charge on any atom is 0.573 e. The van der Waals surface area contributed by atoms with Gasteiger partial charge in [0, 0.05) is 5.92 Å². The number of aromatic nitrogens is 2. The van der Waals surface area contributed by atoms with Gasteiger partial charge in [0.05, 0.1) is 11.8 Å². The Morgan fingerprint density at radius 3 is 2.55 bits per heavy atom. The molecule has 4 rings (SSSR count). The Labute approximate surface area is 171 Å². The Balaban J connectivity index is 1.71. The van der Waals surface area contributed by atoms with Crippen LogP contribution in [-0.2, 0) is 11.2 Å². The zero-order valence-electron chi connectivity index (χ0n) is 15.7. The molecular weight excluding hydrogens is 425 g/mol. The van der Waals surface area contributed by atoms with Crippen molar-refractivity contribution in [1.29, 1.82) is 0 Å². The lowest BCUT2D eigenvalue weighted by Crippen LogP contribution is -2.37. The third-order valence-corrected chi connectivity index (χ3v) is 4.64. The smallest absolute Gasteiger partial charge is 0.403 e. The summed E-state index contributed by atoms with van der Waals surface area (Å²) in [5, 5.41) is -0.181. The van der Waals surface area contributed by atoms with Gasteiger partial charge in [0.25, 0.3) is 5.56 Å². The highest BCUT2D eigenvalue weighted by molar-refractivity contribution is 5.87. The van der Waals surface area contributed by atoms with Crippen LogP contribution in [0.2, 0.25) is 0 Å². The quantitative estimate of drug-likeness (QED) is 0.615. The van der Waals surface area contributed by atoms with Crippen molar-refractivity contribution in [1.82, 2.24) is 9.66 Å². The maximum absolute atomic E-state index is 13.4. The first-order valence-corrected chi connectivity index (χ1v) is 9.17. The third-order valence-electron chi connectivity index (χ3n) is 4.64. The molecule has 0 aliphatic heterocycles. The van der Waals surface area contributed by atoms with Gasteiger partial charge in [0.15, 0.2) is 17.4 Å². The van der Waals surface area contributed by atoms with Gasteiger partial charge >= 0.3 is 6.36 Å². The number of rotatable bonds is 5. The lowest BCUT2D eigenvalue weighted by atomic mass is 10.1. The monoisotopic (exact) mass is 439 g/mol. The molecule has 1 fully saturated rings. The lowest BCUT2D eigenvalue weighted by molar-refractivity contribution is -0.274. The fourth-order valence-corrected chi connectivity index (χ4v) is 3.13. The second-order valence-corrected chi connectivity index (χ2v) is 7.05. The Kier molecular flexibility index (Phi) is 5.11. The molecule has 1 aliphatic carbocycles. The minimum absolute atomic E-state index is 0.0920. The SMILES string of the molecule is O=C(Cc1ccc(F)c(F)c1)Nn1c(C2CC2)nc2c(OC(F)(F)F)cccc2c1=O. The number of carbonyl (C=O) groups excluding carboxylic acids is 1. The Morgan fingerprint density at radius 1 is 1.16 bits per heavy atom. The number of ether oxygens (including phenoxy) is 1. The van der Waals surface area contributed by atoms with Gasteiger partial charge in [-0.25, -0.2) is 18.4 Å². The minimum atomic E-state index is -4.97. The molecule has 1 amide bonds. The van der Waals surface area contributed by atoms with Gasteiger partial charge in [0.1, 0.15) is 11.3 Å². The molecular formula is C20H14F5N3O3. The van der Waals surface area contributed by atoms with Crippen LogP contribution in [-0.4, -0.2) is 21.9 Å². The number of hydrogen-bond acceptors (Lipinski definition) is 4. The van der Waals surface area contributed by atoms with E-state index in [4.69, 9.17) is 0 Å². The molecule has 162 valence electrons. The molecule has 2 aromatic carbocycles. The van der Waals surface area contributed by atoms with Gasteiger partial charge in [-0.05, 0) is 42.7 Å². The van der Waals surface area contributed by atoms with E-state index in [1.807, 2.05) is 0 Å². The third kappa shape index (κ3) is 4.49. The molecule has 0 radical (unpaired) electrons. The van der Waals surface area contributed by atoms with Gasteiger partial charge in [0.2, 0.25) is 5.91 Å². The average Bonchev–Trinajstić information content (AvgIpc) is 3.51. The zero-order valence-corrected chi connectivity index (χ0v) is 15.7. The molecule has 0 bridgehead atoms. The molecule has 0 unspecified atom stereocenters. The van der Waals surface area contributed by atoms with Crippen LogP contribution < -0.4 is 15.7 Å². The number of benzene rings is 2. The summed E-state index contributed by atoms with van der Waals surface area (Å²) in [6, 6.07) is 6.48. The molecule has 1 aliphatic rings. The number of alkyl halides is 3. The number of hydrogen-bond donors (Lipinski definition) is 1. The van der Waals surface area contributed by atoms with Gasteiger partial charge in [-0.2, -0.15) is 0 Å². The molecule has 11 heteroatoms. The van der Waals surface area contributed by atoms with Gasteiger partial charge < -0.3 is 4.74 Å². The molecule has 0 atom stereocenters. The minimum Gasteiger partial charge on any atom is -0.403 e. The van der Waals surface area contributed by atoms with Crippen molar-refractivity contribution in [3.8, 4) is 5.75 Å². The number of amides is 1. The van der Waals surface area contributed by atoms with Crippen LogP contribution in [0.25, 0.3) is 10.9 Å². The van der Waals surface area contributed by atoms with E-state index in [1.165, 1.54) is 18.2 Å². The van der Waals surface area contributed by atoms with Gasteiger partial charge in [-0.3, -0.25) is 15.0 Å². The average molecular weight is 439 g/mol. The van der Waals surface area contributed by atoms with Gasteiger partial charge in [-0.15, -0.1) is 13.2 Å². The van der Waals surface area contributed by atoms with Crippen molar-refractivity contribution in [3.63, 3.8) is 0 Å². The van der Waals surface area contributed by atoms with E-state index in [-0.39, 0.29) is 34.6 Å². The van der Waals surface area contributed by atoms with E-state index >= 15 is 0 Å². The van der Waals surface area contributed by atoms with Crippen molar-refractivity contribution in [2.45, 2.75) is 31.5 Å². The van der Waals surface area contributed by atoms with Crippen molar-refractivity contribution in [3.05, 3.63) is 69.8 Å². The summed E-state index contributed by atoms with van der Waals surface area (Å²) >= 11 is 0. The van der Waals surface area contributed by atoms with Crippen LogP contribution in [0.3, 0.4) is 0 Å². The molecule has 1 N–H and O–H groups in total. The highest BCUT2D eigenvalue weighted by Gasteiger charge is 2.34. The van der Waals surface area contributed by atoms with E-state index < -0.39 is 35.2 Å². The number of nitrogens with one attached hydrogen (secondary N) is 1. The predicted molar refractivity (Wildman–Crippen MR) is 99.1 cm³/mol. The highest BCUT2D eigenvalue weighted by atomic mass is 19.4. The summed E-state index contributed by atoms with van der Waals surface area (Å²) in [5.74, 6) is -3.64. The molecule has 0 saturated heterocycles. The van der Waals surface area contributed by atoms with Crippen LogP contribution in [0.5, 0.6) is 5.75 Å². The van der Waals surface area contributed by atoms with E-state index in [0.29, 0.717) is 12.8 Å². The number of carbonyl (C=O) groups is 1. The second kappa shape index (κ2) is 7.64. The van der Waals surface area contributed by atoms with Crippen LogP contribution in [0.1, 0.15) is 30.1 Å². The molecule has 3 aromatic rings. The van der Waals surface area contributed by atoms with E-state index in [1.54, 1.807) is 0 Å². The molecule has 31 heavy (non-hydrogen) atoms. The summed E-state index contributed by atoms with van der Waals surface area (Å²) in [6.45, 7) is 0. The second-order valence-electron chi connectivity index (χ2n) is 7.05. The molecule has 1 aromatic heterocycles. The van der Waals surface area contributed by atoms with Crippen LogP contribution in [0.4, 0.5) is 22.0 Å². The predicted octanol–water partition coefficient (Wildman–Crippen LogP) is 3.76. The van der Waals surface area contributed by atoms with Crippen molar-refractivity contribution >= 4 is 16.8 Å². The van der Waals surface area contributed by atoms with Crippen LogP contribution in [0, 0.1) is 11.6 Å². The number of fused-ring (bicyclic) bond motifs is 1. The first-order valence-electron chi connectivity index (χ1n) is 9.17. The molecule has 1 saturated carbocycles. The normalized spacial score (nSPS) is 14.0. The fraction of sp³-hybridized carbons (Fsp3) is 0.250. The first-order chi connectivity index (χ1) is 14.6. The fourth-order valence-electron chi connectivity index (χ4n) is 3.13. The van der Waals surface area contributed by atoms with Crippen molar-refractivity contribution in [2.75, 3.05) is 5.43 Å². The Morgan fingerprint density at radius 2 is 1.90 bits per heavy atom. The van der Waals surface area contributed by atoms with Crippen LogP contribution >= 0.6 is 0 Å². The highest BCUT2D eigenvalue weighted by Crippen LogP contribution is 2.39. The standard InChI is InChI=1S/C20H14F5N3O3/c21-13-7-4-10(8-14(13)22)9-16(29)27-28-18(11-5-6-11)26-17-12(19(28)30)2-1-3-15(17)31-20(23,24)25/h1-4,7-8,11H,5-6,9H2,(H,27,29). The van der Waals surface area contributed by atoms with E-state index in [9.17, 15) is 31.5 Å². The van der Waals surface area contributed by atoms with Gasteiger partial charge in [-0.1, -0.05) is 12.1 Å². The van der Waals surface area contributed by atoms with E-state index in [0.717, 1.165) is 22.9 Å². The molecule has 1 heterocycles. The number of nitrogens with zero attached hydrogens (tertiary/aromatic N) is 2. The lowest BCUT2D eigenvalue weighted by Gasteiger charge is -2.16. The first kappa shape index (κ1) is 20.8. The Hall–Kier alpha value is -3.50. The molecule has 0 spiro atoms. The molecule has 6 nitrogen and oxygen atoms in total. The number of halogens is 5. The van der Waals surface area contributed by atoms with Crippen molar-refractivity contribution < 1.29 is 31.5 Å². The number of para-hydroxylation sites is 1. The Bertz CT molecular complexity index is 1240. The summed E-state index contributed by atoms with van der Waals surface area (Å²) in [6.07, 6.45) is -4.05. The maximum atomic E-state index is 13.4. The van der Waals surface area contributed by atoms with E-state index in [2.05, 4.69) is 15.1 Å². The van der Waals surface area contributed by atoms with Crippen LogP contribution in [0.15, 0.2) is 41.2 Å². The summed E-state index contributed by atoms with van der Waals surface area (Å²) in [7, 11) is 0. The summed E-state index contributed by atoms with van der Waals surface area (Å²) in [4.78, 5) is 29.6. The topological polar surface area (TPSA) is 73.2 Å². The summed E-state index contributed by atoms with van der Waals surface area (Å²) < 4.78 is 69.4. The zero-order chi connectivity index (χ0) is 22.3. The summed E-state index contributed by atoms with van der Waals surface area (Å²) in [5.41, 5.74) is 1.49.